The Balaban J connectivity index is 2.07. The highest BCUT2D eigenvalue weighted by molar-refractivity contribution is 6.00. The third-order valence-electron chi connectivity index (χ3n) is 3.59. The molecule has 1 aliphatic rings. The number of carbonyl (C=O) groups excluding carboxylic acids is 2. The Morgan fingerprint density at radius 2 is 1.91 bits per heavy atom. The molecule has 1 fully saturated rings. The van der Waals surface area contributed by atoms with Gasteiger partial charge in [0, 0.05) is 11.8 Å². The lowest BCUT2D eigenvalue weighted by atomic mass is 9.96. The Morgan fingerprint density at radius 1 is 1.23 bits per heavy atom. The van der Waals surface area contributed by atoms with E-state index >= 15 is 0 Å². The van der Waals surface area contributed by atoms with Crippen LogP contribution in [0.3, 0.4) is 0 Å². The summed E-state index contributed by atoms with van der Waals surface area (Å²) >= 11 is 0. The smallest absolute Gasteiger partial charge is 0.408 e. The molecule has 5 heteroatoms. The average molecular weight is 303 g/mol. The molecular formula is C17H23N2O3. The Morgan fingerprint density at radius 3 is 2.45 bits per heavy atom. The minimum Gasteiger partial charge on any atom is -0.444 e. The van der Waals surface area contributed by atoms with Crippen LogP contribution in [0.2, 0.25) is 0 Å². The van der Waals surface area contributed by atoms with Gasteiger partial charge < -0.3 is 15.4 Å². The first kappa shape index (κ1) is 16.3. The molecule has 1 radical (unpaired) electrons. The number of hydrogen-bond acceptors (Lipinski definition) is 3. The summed E-state index contributed by atoms with van der Waals surface area (Å²) in [5, 5.41) is 5.61. The summed E-state index contributed by atoms with van der Waals surface area (Å²) in [5.74, 6) is -0.210. The highest BCUT2D eigenvalue weighted by Gasteiger charge is 2.43. The monoisotopic (exact) mass is 303 g/mol. The Hall–Kier alpha value is -2.04. The molecule has 1 aromatic rings. The molecule has 0 saturated heterocycles. The molecule has 1 aromatic carbocycles. The van der Waals surface area contributed by atoms with E-state index in [9.17, 15) is 9.59 Å². The van der Waals surface area contributed by atoms with Crippen molar-refractivity contribution >= 4 is 17.7 Å². The molecule has 2 rings (SSSR count). The molecule has 0 aromatic heterocycles. The van der Waals surface area contributed by atoms with E-state index < -0.39 is 17.2 Å². The van der Waals surface area contributed by atoms with Crippen molar-refractivity contribution in [3.63, 3.8) is 0 Å². The van der Waals surface area contributed by atoms with E-state index in [1.807, 2.05) is 12.1 Å². The van der Waals surface area contributed by atoms with Crippen molar-refractivity contribution in [3.8, 4) is 0 Å². The van der Waals surface area contributed by atoms with Crippen LogP contribution in [0.15, 0.2) is 24.3 Å². The molecule has 0 heterocycles. The van der Waals surface area contributed by atoms with Gasteiger partial charge in [-0.05, 0) is 39.7 Å². The maximum Gasteiger partial charge on any atom is 0.408 e. The number of benzene rings is 1. The molecule has 5 nitrogen and oxygen atoms in total. The molecule has 0 atom stereocenters. The SMILES string of the molecule is CC(C)(C)OC(=O)NC1(C(=O)Nc2[c]cccc2)CCCC1. The fourth-order valence-electron chi connectivity index (χ4n) is 2.60. The van der Waals surface area contributed by atoms with Gasteiger partial charge >= 0.3 is 6.09 Å². The number of nitrogens with one attached hydrogen (secondary N) is 2. The van der Waals surface area contributed by atoms with E-state index in [0.29, 0.717) is 18.5 Å². The number of anilines is 1. The molecule has 0 unspecified atom stereocenters. The molecule has 1 aliphatic carbocycles. The second-order valence-electron chi connectivity index (χ2n) is 6.65. The Labute approximate surface area is 131 Å². The maximum atomic E-state index is 12.6. The lowest BCUT2D eigenvalue weighted by molar-refractivity contribution is -0.122. The van der Waals surface area contributed by atoms with Crippen molar-refractivity contribution in [2.75, 3.05) is 5.32 Å². The second-order valence-corrected chi connectivity index (χ2v) is 6.65. The number of alkyl carbamates (subject to hydrolysis) is 1. The van der Waals surface area contributed by atoms with Crippen molar-refractivity contribution in [2.24, 2.45) is 0 Å². The zero-order valence-electron chi connectivity index (χ0n) is 13.4. The quantitative estimate of drug-likeness (QED) is 0.900. The third-order valence-corrected chi connectivity index (χ3v) is 3.59. The van der Waals surface area contributed by atoms with Gasteiger partial charge in [0.2, 0.25) is 5.91 Å². The molecule has 2 N–H and O–H groups in total. The largest absolute Gasteiger partial charge is 0.444 e. The molecule has 0 bridgehead atoms. The van der Waals surface area contributed by atoms with Crippen LogP contribution in [-0.2, 0) is 9.53 Å². The summed E-state index contributed by atoms with van der Waals surface area (Å²) in [7, 11) is 0. The zero-order chi connectivity index (χ0) is 16.2. The van der Waals surface area contributed by atoms with E-state index in [1.54, 1.807) is 32.9 Å². The lowest BCUT2D eigenvalue weighted by Crippen LogP contribution is -2.55. The number of amides is 2. The Kier molecular flexibility index (Phi) is 4.74. The summed E-state index contributed by atoms with van der Waals surface area (Å²) < 4.78 is 5.29. The van der Waals surface area contributed by atoms with Crippen molar-refractivity contribution in [1.82, 2.24) is 5.32 Å². The number of hydrogen-bond donors (Lipinski definition) is 2. The summed E-state index contributed by atoms with van der Waals surface area (Å²) in [6.07, 6.45) is 2.49. The molecule has 119 valence electrons. The normalized spacial score (nSPS) is 16.9. The minimum atomic E-state index is -0.897. The van der Waals surface area contributed by atoms with Crippen LogP contribution in [0.5, 0.6) is 0 Å². The van der Waals surface area contributed by atoms with E-state index in [0.717, 1.165) is 12.8 Å². The van der Waals surface area contributed by atoms with Gasteiger partial charge in [0.25, 0.3) is 0 Å². The minimum absolute atomic E-state index is 0.210. The standard InChI is InChI=1S/C17H23N2O3/c1-16(2,3)22-15(21)19-17(11-7-8-12-17)14(20)18-13-9-5-4-6-10-13/h4-6,9H,7-8,11-12H2,1-3H3,(H,18,20)(H,19,21). The van der Waals surface area contributed by atoms with E-state index in [4.69, 9.17) is 4.74 Å². The van der Waals surface area contributed by atoms with E-state index in [-0.39, 0.29) is 5.91 Å². The average Bonchev–Trinajstić information content (AvgIpc) is 2.87. The predicted molar refractivity (Wildman–Crippen MR) is 84.5 cm³/mol. The number of para-hydroxylation sites is 1. The van der Waals surface area contributed by atoms with Crippen LogP contribution in [-0.4, -0.2) is 23.1 Å². The molecule has 0 aliphatic heterocycles. The third kappa shape index (κ3) is 4.23. The lowest BCUT2D eigenvalue weighted by Gasteiger charge is -2.30. The van der Waals surface area contributed by atoms with Crippen LogP contribution in [0.4, 0.5) is 10.5 Å². The van der Waals surface area contributed by atoms with Gasteiger partial charge in [-0.15, -0.1) is 0 Å². The van der Waals surface area contributed by atoms with Gasteiger partial charge in [0.15, 0.2) is 0 Å². The number of carbonyl (C=O) groups is 2. The first-order chi connectivity index (χ1) is 10.3. The van der Waals surface area contributed by atoms with Gasteiger partial charge in [-0.25, -0.2) is 4.79 Å². The van der Waals surface area contributed by atoms with Gasteiger partial charge in [0.1, 0.15) is 11.1 Å². The predicted octanol–water partition coefficient (Wildman–Crippen LogP) is 3.26. The van der Waals surface area contributed by atoms with Crippen LogP contribution in [0.1, 0.15) is 46.5 Å². The van der Waals surface area contributed by atoms with E-state index in [1.165, 1.54) is 0 Å². The number of rotatable bonds is 3. The van der Waals surface area contributed by atoms with Gasteiger partial charge in [0.05, 0.1) is 0 Å². The van der Waals surface area contributed by atoms with Crippen molar-refractivity contribution in [2.45, 2.75) is 57.6 Å². The summed E-state index contributed by atoms with van der Waals surface area (Å²) in [6, 6.07) is 10.1. The first-order valence-corrected chi connectivity index (χ1v) is 7.60. The Bertz CT molecular complexity index is 529. The van der Waals surface area contributed by atoms with Crippen molar-refractivity contribution in [3.05, 3.63) is 30.3 Å². The van der Waals surface area contributed by atoms with Gasteiger partial charge in [-0.2, -0.15) is 0 Å². The van der Waals surface area contributed by atoms with Crippen LogP contribution < -0.4 is 10.6 Å². The molecule has 1 saturated carbocycles. The van der Waals surface area contributed by atoms with Crippen molar-refractivity contribution in [1.29, 1.82) is 0 Å². The highest BCUT2D eigenvalue weighted by Crippen LogP contribution is 2.31. The fourth-order valence-corrected chi connectivity index (χ4v) is 2.60. The molecule has 22 heavy (non-hydrogen) atoms. The van der Waals surface area contributed by atoms with Crippen LogP contribution >= 0.6 is 0 Å². The van der Waals surface area contributed by atoms with Crippen molar-refractivity contribution < 1.29 is 14.3 Å². The summed E-state index contributed by atoms with van der Waals surface area (Å²) in [6.45, 7) is 5.40. The summed E-state index contributed by atoms with van der Waals surface area (Å²) in [5.41, 5.74) is -0.885. The van der Waals surface area contributed by atoms with Crippen LogP contribution in [0, 0.1) is 6.07 Å². The first-order valence-electron chi connectivity index (χ1n) is 7.60. The molecular weight excluding hydrogens is 280 g/mol. The summed E-state index contributed by atoms with van der Waals surface area (Å²) in [4.78, 5) is 24.7. The van der Waals surface area contributed by atoms with Gasteiger partial charge in [-0.1, -0.05) is 31.0 Å². The topological polar surface area (TPSA) is 67.4 Å². The van der Waals surface area contributed by atoms with E-state index in [2.05, 4.69) is 16.7 Å². The number of ether oxygens (including phenoxy) is 1. The molecule has 0 spiro atoms. The highest BCUT2D eigenvalue weighted by atomic mass is 16.6. The fraction of sp³-hybridized carbons (Fsp3) is 0.529. The van der Waals surface area contributed by atoms with Crippen LogP contribution in [0.25, 0.3) is 0 Å². The van der Waals surface area contributed by atoms with Gasteiger partial charge in [-0.3, -0.25) is 4.79 Å². The zero-order valence-corrected chi connectivity index (χ0v) is 13.4. The molecule has 2 amide bonds. The maximum absolute atomic E-state index is 12.6. The second kappa shape index (κ2) is 6.38.